The number of primary amides is 1. The van der Waals surface area contributed by atoms with Crippen LogP contribution in [0.25, 0.3) is 0 Å². The molecule has 0 radical (unpaired) electrons. The Morgan fingerprint density at radius 2 is 2.38 bits per heavy atom. The molecule has 13 heavy (non-hydrogen) atoms. The first-order valence-corrected chi connectivity index (χ1v) is 4.42. The Morgan fingerprint density at radius 1 is 1.69 bits per heavy atom. The summed E-state index contributed by atoms with van der Waals surface area (Å²) in [6.45, 7) is 1.67. The van der Waals surface area contributed by atoms with Crippen molar-refractivity contribution in [1.29, 1.82) is 0 Å². The molecule has 0 bridgehead atoms. The van der Waals surface area contributed by atoms with E-state index in [0.717, 1.165) is 0 Å². The number of nitrogens with two attached hydrogens (primary N) is 1. The van der Waals surface area contributed by atoms with Gasteiger partial charge in [-0.2, -0.15) is 0 Å². The van der Waals surface area contributed by atoms with Gasteiger partial charge in [0.05, 0.1) is 0 Å². The van der Waals surface area contributed by atoms with Gasteiger partial charge in [0, 0.05) is 6.07 Å². The van der Waals surface area contributed by atoms with Crippen LogP contribution in [0.15, 0.2) is 17.0 Å². The van der Waals surface area contributed by atoms with E-state index in [-0.39, 0.29) is 0 Å². The molecule has 0 aromatic carbocycles. The smallest absolute Gasteiger partial charge is 0.239 e. The second kappa shape index (κ2) is 4.18. The maximum atomic E-state index is 10.7. The van der Waals surface area contributed by atoms with Gasteiger partial charge in [-0.05, 0) is 22.9 Å². The highest BCUT2D eigenvalue weighted by atomic mass is 79.9. The third kappa shape index (κ3) is 2.98. The number of amides is 1. The van der Waals surface area contributed by atoms with Crippen LogP contribution >= 0.6 is 15.9 Å². The highest BCUT2D eigenvalue weighted by Crippen LogP contribution is 2.10. The maximum absolute atomic E-state index is 10.7. The normalized spacial score (nSPS) is 12.2. The van der Waals surface area contributed by atoms with Gasteiger partial charge in [0.1, 0.15) is 22.8 Å². The lowest BCUT2D eigenvalue weighted by Crippen LogP contribution is -2.32. The number of aromatic nitrogens is 2. The van der Waals surface area contributed by atoms with Crippen molar-refractivity contribution in [2.45, 2.75) is 13.0 Å². The standard InChI is InChI=1S/C7H9BrN4O/c1-4(7(9)13)12-6-2-5(8)10-3-11-6/h2-4H,1H3,(H2,9,13)(H,10,11,12). The van der Waals surface area contributed by atoms with E-state index < -0.39 is 11.9 Å². The quantitative estimate of drug-likeness (QED) is 0.761. The molecule has 0 saturated heterocycles. The van der Waals surface area contributed by atoms with Crippen LogP contribution in [0.5, 0.6) is 0 Å². The molecule has 1 unspecified atom stereocenters. The molecule has 70 valence electrons. The topological polar surface area (TPSA) is 80.9 Å². The van der Waals surface area contributed by atoms with Gasteiger partial charge in [-0.25, -0.2) is 9.97 Å². The first-order valence-electron chi connectivity index (χ1n) is 3.63. The molecule has 1 atom stereocenters. The van der Waals surface area contributed by atoms with E-state index in [1.807, 2.05) is 0 Å². The molecule has 6 heteroatoms. The Kier molecular flexibility index (Phi) is 3.18. The summed E-state index contributed by atoms with van der Waals surface area (Å²) >= 11 is 3.18. The van der Waals surface area contributed by atoms with Gasteiger partial charge in [0.25, 0.3) is 0 Å². The number of rotatable bonds is 3. The maximum Gasteiger partial charge on any atom is 0.239 e. The second-order valence-corrected chi connectivity index (χ2v) is 3.31. The predicted molar refractivity (Wildman–Crippen MR) is 52.0 cm³/mol. The van der Waals surface area contributed by atoms with Gasteiger partial charge in [-0.15, -0.1) is 0 Å². The lowest BCUT2D eigenvalue weighted by molar-refractivity contribution is -0.118. The monoisotopic (exact) mass is 244 g/mol. The minimum Gasteiger partial charge on any atom is -0.368 e. The molecule has 0 aliphatic heterocycles. The summed E-state index contributed by atoms with van der Waals surface area (Å²) in [6, 6.07) is 1.22. The van der Waals surface area contributed by atoms with Crippen molar-refractivity contribution in [2.75, 3.05) is 5.32 Å². The minimum atomic E-state index is -0.443. The molecular formula is C7H9BrN4O. The summed E-state index contributed by atoms with van der Waals surface area (Å²) in [5, 5.41) is 2.83. The Balaban J connectivity index is 2.69. The molecule has 1 rings (SSSR count). The lowest BCUT2D eigenvalue weighted by Gasteiger charge is -2.09. The van der Waals surface area contributed by atoms with Crippen molar-refractivity contribution < 1.29 is 4.79 Å². The Bertz CT molecular complexity index is 317. The summed E-state index contributed by atoms with van der Waals surface area (Å²) in [6.07, 6.45) is 1.39. The summed E-state index contributed by atoms with van der Waals surface area (Å²) < 4.78 is 0.654. The molecule has 1 aromatic heterocycles. The molecular weight excluding hydrogens is 236 g/mol. The average Bonchev–Trinajstić information content (AvgIpc) is 2.04. The zero-order valence-corrected chi connectivity index (χ0v) is 8.58. The van der Waals surface area contributed by atoms with E-state index in [1.54, 1.807) is 13.0 Å². The number of anilines is 1. The molecule has 5 nitrogen and oxygen atoms in total. The minimum absolute atomic E-state index is 0.422. The lowest BCUT2D eigenvalue weighted by atomic mass is 10.3. The third-order valence-electron chi connectivity index (χ3n) is 1.42. The predicted octanol–water partition coefficient (Wildman–Crippen LogP) is 0.525. The van der Waals surface area contributed by atoms with E-state index in [9.17, 15) is 4.79 Å². The largest absolute Gasteiger partial charge is 0.368 e. The van der Waals surface area contributed by atoms with Crippen LogP contribution in [0.1, 0.15) is 6.92 Å². The zero-order valence-electron chi connectivity index (χ0n) is 6.99. The number of halogens is 1. The fourth-order valence-corrected chi connectivity index (χ4v) is 1.01. The van der Waals surface area contributed by atoms with Crippen LogP contribution in [0, 0.1) is 0 Å². The van der Waals surface area contributed by atoms with Crippen molar-refractivity contribution >= 4 is 27.7 Å². The van der Waals surface area contributed by atoms with Crippen LogP contribution in [0.2, 0.25) is 0 Å². The van der Waals surface area contributed by atoms with Crippen molar-refractivity contribution in [3.8, 4) is 0 Å². The molecule has 0 saturated carbocycles. The van der Waals surface area contributed by atoms with Crippen LogP contribution in [0.3, 0.4) is 0 Å². The van der Waals surface area contributed by atoms with Gasteiger partial charge in [0.15, 0.2) is 0 Å². The summed E-state index contributed by atoms with van der Waals surface area (Å²) in [5.74, 6) is 0.142. The van der Waals surface area contributed by atoms with E-state index in [1.165, 1.54) is 6.33 Å². The molecule has 1 heterocycles. The highest BCUT2D eigenvalue weighted by molar-refractivity contribution is 9.10. The van der Waals surface area contributed by atoms with Crippen molar-refractivity contribution in [2.24, 2.45) is 5.73 Å². The van der Waals surface area contributed by atoms with Gasteiger partial charge < -0.3 is 11.1 Å². The number of hydrogen-bond donors (Lipinski definition) is 2. The van der Waals surface area contributed by atoms with E-state index in [0.29, 0.717) is 10.4 Å². The fourth-order valence-electron chi connectivity index (χ4n) is 0.705. The fraction of sp³-hybridized carbons (Fsp3) is 0.286. The Morgan fingerprint density at radius 3 is 2.92 bits per heavy atom. The van der Waals surface area contributed by atoms with Gasteiger partial charge in [-0.3, -0.25) is 4.79 Å². The Hall–Kier alpha value is -1.17. The number of carbonyl (C=O) groups excluding carboxylic acids is 1. The molecule has 0 aliphatic carbocycles. The van der Waals surface area contributed by atoms with Crippen molar-refractivity contribution in [1.82, 2.24) is 9.97 Å². The van der Waals surface area contributed by atoms with Gasteiger partial charge in [0.2, 0.25) is 5.91 Å². The van der Waals surface area contributed by atoms with Crippen LogP contribution in [0.4, 0.5) is 5.82 Å². The molecule has 0 aliphatic rings. The van der Waals surface area contributed by atoms with Crippen LogP contribution in [-0.2, 0) is 4.79 Å². The molecule has 0 spiro atoms. The Labute approximate surface area is 83.9 Å². The number of nitrogens with zero attached hydrogens (tertiary/aromatic N) is 2. The first-order chi connectivity index (χ1) is 6.09. The summed E-state index contributed by atoms with van der Waals surface area (Å²) in [7, 11) is 0. The first kappa shape index (κ1) is 9.91. The molecule has 1 amide bonds. The third-order valence-corrected chi connectivity index (χ3v) is 1.86. The van der Waals surface area contributed by atoms with E-state index in [4.69, 9.17) is 5.73 Å². The van der Waals surface area contributed by atoms with Crippen molar-refractivity contribution in [3.05, 3.63) is 17.0 Å². The summed E-state index contributed by atoms with van der Waals surface area (Å²) in [5.41, 5.74) is 5.07. The van der Waals surface area contributed by atoms with Crippen LogP contribution < -0.4 is 11.1 Å². The molecule has 1 aromatic rings. The zero-order chi connectivity index (χ0) is 9.84. The SMILES string of the molecule is CC(Nc1cc(Br)ncn1)C(N)=O. The number of carbonyl (C=O) groups is 1. The number of nitrogens with one attached hydrogen (secondary N) is 1. The average molecular weight is 245 g/mol. The van der Waals surface area contributed by atoms with E-state index >= 15 is 0 Å². The van der Waals surface area contributed by atoms with Gasteiger partial charge in [-0.1, -0.05) is 0 Å². The van der Waals surface area contributed by atoms with Crippen molar-refractivity contribution in [3.63, 3.8) is 0 Å². The molecule has 3 N–H and O–H groups in total. The summed E-state index contributed by atoms with van der Waals surface area (Å²) in [4.78, 5) is 18.4. The van der Waals surface area contributed by atoms with E-state index in [2.05, 4.69) is 31.2 Å². The van der Waals surface area contributed by atoms with Gasteiger partial charge >= 0.3 is 0 Å². The second-order valence-electron chi connectivity index (χ2n) is 2.49. The number of hydrogen-bond acceptors (Lipinski definition) is 4. The van der Waals surface area contributed by atoms with Crippen LogP contribution in [-0.4, -0.2) is 21.9 Å². The molecule has 0 fully saturated rings. The highest BCUT2D eigenvalue weighted by Gasteiger charge is 2.08.